The zero-order chi connectivity index (χ0) is 14.0. The molecule has 6 heteroatoms. The molecular weight excluding hydrogens is 346 g/mol. The molecule has 0 radical (unpaired) electrons. The Labute approximate surface area is 127 Å². The fraction of sp³-hybridized carbons (Fsp3) is 0.692. The average molecular weight is 366 g/mol. The molecule has 1 aromatic rings. The first kappa shape index (κ1) is 15.5. The second-order valence-corrected chi connectivity index (χ2v) is 9.47. The smallest absolute Gasteiger partial charge is 0.155 e. The van der Waals surface area contributed by atoms with Gasteiger partial charge in [-0.1, -0.05) is 13.3 Å². The van der Waals surface area contributed by atoms with Crippen molar-refractivity contribution in [2.24, 2.45) is 0 Å². The Hall–Kier alpha value is 0.0900. The summed E-state index contributed by atoms with van der Waals surface area (Å²) in [5.74, 6) is 0.338. The molecule has 1 N–H and O–H groups in total. The molecule has 2 heterocycles. The molecule has 1 fully saturated rings. The third kappa shape index (κ3) is 3.40. The molecule has 2 rings (SSSR count). The van der Waals surface area contributed by atoms with Gasteiger partial charge in [-0.15, -0.1) is 11.3 Å². The highest BCUT2D eigenvalue weighted by atomic mass is 79.9. The van der Waals surface area contributed by atoms with Gasteiger partial charge in [0.1, 0.15) is 0 Å². The molecular formula is C13H20BrNO2S2. The number of nitrogens with one attached hydrogen (secondary N) is 1. The lowest BCUT2D eigenvalue weighted by Crippen LogP contribution is -2.40. The van der Waals surface area contributed by atoms with Crippen molar-refractivity contribution in [1.82, 2.24) is 5.32 Å². The van der Waals surface area contributed by atoms with Crippen LogP contribution in [0.3, 0.4) is 0 Å². The second-order valence-electron chi connectivity index (χ2n) is 4.99. The van der Waals surface area contributed by atoms with Crippen molar-refractivity contribution in [2.75, 3.05) is 12.3 Å². The van der Waals surface area contributed by atoms with Gasteiger partial charge in [-0.2, -0.15) is 0 Å². The van der Waals surface area contributed by atoms with E-state index in [0.717, 1.165) is 35.2 Å². The van der Waals surface area contributed by atoms with Crippen LogP contribution in [0.5, 0.6) is 0 Å². The van der Waals surface area contributed by atoms with Gasteiger partial charge in [0.25, 0.3) is 0 Å². The summed E-state index contributed by atoms with van der Waals surface area (Å²) >= 11 is 5.20. The number of aryl methyl sites for hydroxylation is 1. The van der Waals surface area contributed by atoms with Gasteiger partial charge < -0.3 is 5.32 Å². The van der Waals surface area contributed by atoms with E-state index in [1.807, 2.05) is 6.92 Å². The number of rotatable bonds is 4. The summed E-state index contributed by atoms with van der Waals surface area (Å²) in [5, 5.41) is 3.10. The molecule has 1 aliphatic heterocycles. The lowest BCUT2D eigenvalue weighted by Gasteiger charge is -2.30. The summed E-state index contributed by atoms with van der Waals surface area (Å²) in [6.07, 6.45) is 2.59. The van der Waals surface area contributed by atoms with Crippen LogP contribution in [0.15, 0.2) is 10.5 Å². The molecule has 2 unspecified atom stereocenters. The summed E-state index contributed by atoms with van der Waals surface area (Å²) < 4.78 is 25.7. The molecule has 3 nitrogen and oxygen atoms in total. The maximum atomic E-state index is 12.3. The van der Waals surface area contributed by atoms with E-state index >= 15 is 0 Å². The topological polar surface area (TPSA) is 46.2 Å². The zero-order valence-corrected chi connectivity index (χ0v) is 14.5. The molecule has 0 bridgehead atoms. The number of sulfone groups is 1. The van der Waals surface area contributed by atoms with Crippen molar-refractivity contribution in [1.29, 1.82) is 0 Å². The molecule has 0 saturated carbocycles. The quantitative estimate of drug-likeness (QED) is 0.888. The van der Waals surface area contributed by atoms with E-state index < -0.39 is 9.84 Å². The van der Waals surface area contributed by atoms with Crippen LogP contribution in [0.1, 0.15) is 42.0 Å². The summed E-state index contributed by atoms with van der Waals surface area (Å²) in [7, 11) is -2.97. The lowest BCUT2D eigenvalue weighted by atomic mass is 10.1. The van der Waals surface area contributed by atoms with Gasteiger partial charge in [-0.05, 0) is 48.3 Å². The Balaban J connectivity index is 2.34. The van der Waals surface area contributed by atoms with Crippen LogP contribution in [-0.2, 0) is 9.84 Å². The van der Waals surface area contributed by atoms with Gasteiger partial charge in [-0.25, -0.2) is 8.42 Å². The highest BCUT2D eigenvalue weighted by molar-refractivity contribution is 9.10. The maximum Gasteiger partial charge on any atom is 0.155 e. The molecule has 1 saturated heterocycles. The first-order valence-corrected chi connectivity index (χ1v) is 9.99. The van der Waals surface area contributed by atoms with E-state index in [1.54, 1.807) is 11.3 Å². The van der Waals surface area contributed by atoms with Crippen LogP contribution in [0.25, 0.3) is 0 Å². The van der Waals surface area contributed by atoms with E-state index in [9.17, 15) is 8.42 Å². The van der Waals surface area contributed by atoms with E-state index in [2.05, 4.69) is 34.2 Å². The Kier molecular flexibility index (Phi) is 5.09. The SMILES string of the molecule is CCNC(c1cc(Br)c(C)s1)C1CCCCS1(=O)=O. The van der Waals surface area contributed by atoms with Gasteiger partial charge in [0, 0.05) is 14.2 Å². The number of hydrogen-bond donors (Lipinski definition) is 1. The summed E-state index contributed by atoms with van der Waals surface area (Å²) in [4.78, 5) is 2.33. The fourth-order valence-corrected chi connectivity index (χ4v) is 6.50. The Morgan fingerprint density at radius 3 is 2.79 bits per heavy atom. The first-order chi connectivity index (χ1) is 8.95. The minimum Gasteiger partial charge on any atom is -0.308 e. The van der Waals surface area contributed by atoms with Crippen LogP contribution in [-0.4, -0.2) is 26.0 Å². The van der Waals surface area contributed by atoms with Gasteiger partial charge in [0.05, 0.1) is 17.0 Å². The normalized spacial score (nSPS) is 24.3. The van der Waals surface area contributed by atoms with E-state index in [-0.39, 0.29) is 11.3 Å². The first-order valence-electron chi connectivity index (χ1n) is 6.66. The van der Waals surface area contributed by atoms with Gasteiger partial charge in [0.2, 0.25) is 0 Å². The predicted molar refractivity (Wildman–Crippen MR) is 84.6 cm³/mol. The van der Waals surface area contributed by atoms with Crippen LogP contribution < -0.4 is 5.32 Å². The second kappa shape index (κ2) is 6.24. The molecule has 0 aliphatic carbocycles. The average Bonchev–Trinajstić information content (AvgIpc) is 2.67. The summed E-state index contributed by atoms with van der Waals surface area (Å²) in [6.45, 7) is 4.86. The third-order valence-electron chi connectivity index (χ3n) is 3.61. The standard InChI is InChI=1S/C13H20BrNO2S2/c1-3-15-13(11-8-10(14)9(2)18-11)12-6-4-5-7-19(12,16)17/h8,12-13,15H,3-7H2,1-2H3. The Bertz CT molecular complexity index is 519. The van der Waals surface area contributed by atoms with E-state index in [4.69, 9.17) is 0 Å². The van der Waals surface area contributed by atoms with Crippen LogP contribution in [0, 0.1) is 6.92 Å². The van der Waals surface area contributed by atoms with Crippen molar-refractivity contribution >= 4 is 37.1 Å². The third-order valence-corrected chi connectivity index (χ3v) is 8.12. The monoisotopic (exact) mass is 365 g/mol. The number of halogens is 1. The molecule has 2 atom stereocenters. The summed E-state index contributed by atoms with van der Waals surface area (Å²) in [6, 6.07) is 2.00. The fourth-order valence-electron chi connectivity index (χ4n) is 2.62. The molecule has 0 aromatic carbocycles. The number of hydrogen-bond acceptors (Lipinski definition) is 4. The van der Waals surface area contributed by atoms with Crippen LogP contribution in [0.4, 0.5) is 0 Å². The highest BCUT2D eigenvalue weighted by Crippen LogP contribution is 2.37. The van der Waals surface area contributed by atoms with Crippen LogP contribution in [0.2, 0.25) is 0 Å². The molecule has 0 spiro atoms. The van der Waals surface area contributed by atoms with Gasteiger partial charge in [0.15, 0.2) is 9.84 Å². The predicted octanol–water partition coefficient (Wildman–Crippen LogP) is 3.44. The summed E-state index contributed by atoms with van der Waals surface area (Å²) in [5.41, 5.74) is 0. The largest absolute Gasteiger partial charge is 0.308 e. The van der Waals surface area contributed by atoms with Crippen LogP contribution >= 0.6 is 27.3 Å². The van der Waals surface area contributed by atoms with Crippen molar-refractivity contribution < 1.29 is 8.42 Å². The van der Waals surface area contributed by atoms with Gasteiger partial charge in [-0.3, -0.25) is 0 Å². The van der Waals surface area contributed by atoms with Gasteiger partial charge >= 0.3 is 0 Å². The van der Waals surface area contributed by atoms with Crippen molar-refractivity contribution in [2.45, 2.75) is 44.4 Å². The molecule has 19 heavy (non-hydrogen) atoms. The van der Waals surface area contributed by atoms with Crippen molar-refractivity contribution in [3.8, 4) is 0 Å². The minimum atomic E-state index is -2.97. The molecule has 1 aliphatic rings. The molecule has 108 valence electrons. The number of thiophene rings is 1. The Morgan fingerprint density at radius 1 is 1.53 bits per heavy atom. The van der Waals surface area contributed by atoms with E-state index in [1.165, 1.54) is 4.88 Å². The maximum absolute atomic E-state index is 12.3. The minimum absolute atomic E-state index is 0.0645. The zero-order valence-electron chi connectivity index (χ0n) is 11.3. The van der Waals surface area contributed by atoms with Crippen molar-refractivity contribution in [3.63, 3.8) is 0 Å². The molecule has 1 aromatic heterocycles. The molecule has 0 amide bonds. The van der Waals surface area contributed by atoms with E-state index in [0.29, 0.717) is 5.75 Å². The Morgan fingerprint density at radius 2 is 2.26 bits per heavy atom. The highest BCUT2D eigenvalue weighted by Gasteiger charge is 2.36. The van der Waals surface area contributed by atoms with Crippen molar-refractivity contribution in [3.05, 3.63) is 20.3 Å². The lowest BCUT2D eigenvalue weighted by molar-refractivity contribution is 0.458.